The van der Waals surface area contributed by atoms with Crippen molar-refractivity contribution in [2.45, 2.75) is 57.1 Å². The number of carbonyl (C=O) groups is 2. The maximum atomic E-state index is 14.1. The number of carbonyl (C=O) groups excluding carboxylic acids is 2. The predicted octanol–water partition coefficient (Wildman–Crippen LogP) is 6.67. The van der Waals surface area contributed by atoms with Gasteiger partial charge in [-0.05, 0) is 67.8 Å². The van der Waals surface area contributed by atoms with Crippen LogP contribution in [0.4, 0.5) is 5.69 Å². The average Bonchev–Trinajstić information content (AvgIpc) is 2.92. The van der Waals surface area contributed by atoms with Gasteiger partial charge >= 0.3 is 0 Å². The Kier molecular flexibility index (Phi) is 11.5. The van der Waals surface area contributed by atoms with Crippen LogP contribution in [0.2, 0.25) is 10.0 Å². The van der Waals surface area contributed by atoms with Crippen LogP contribution in [0.5, 0.6) is 0 Å². The van der Waals surface area contributed by atoms with Crippen LogP contribution in [0.3, 0.4) is 0 Å². The molecule has 0 bridgehead atoms. The Labute approximate surface area is 254 Å². The van der Waals surface area contributed by atoms with Crippen LogP contribution in [0.1, 0.15) is 39.2 Å². The molecule has 0 saturated heterocycles. The van der Waals surface area contributed by atoms with Crippen molar-refractivity contribution in [2.24, 2.45) is 0 Å². The second kappa shape index (κ2) is 14.3. The normalized spacial score (nSPS) is 12.8. The van der Waals surface area contributed by atoms with Crippen LogP contribution in [0.15, 0.2) is 82.2 Å². The van der Waals surface area contributed by atoms with Gasteiger partial charge < -0.3 is 10.2 Å². The van der Waals surface area contributed by atoms with Crippen LogP contribution in [0.25, 0.3) is 0 Å². The molecule has 0 unspecified atom stereocenters. The molecule has 40 heavy (non-hydrogen) atoms. The fourth-order valence-electron chi connectivity index (χ4n) is 4.07. The van der Waals surface area contributed by atoms with E-state index < -0.39 is 28.5 Å². The second-order valence-corrected chi connectivity index (χ2v) is 12.9. The van der Waals surface area contributed by atoms with Gasteiger partial charge in [0, 0.05) is 27.1 Å². The van der Waals surface area contributed by atoms with E-state index >= 15 is 0 Å². The molecule has 0 aromatic heterocycles. The average molecular weight is 669 g/mol. The number of sulfonamides is 1. The Balaban J connectivity index is 2.07. The molecule has 3 rings (SSSR count). The molecular weight excluding hydrogens is 637 g/mol. The van der Waals surface area contributed by atoms with E-state index in [1.165, 1.54) is 17.0 Å². The van der Waals surface area contributed by atoms with Crippen molar-refractivity contribution in [1.82, 2.24) is 10.2 Å². The van der Waals surface area contributed by atoms with Crippen molar-refractivity contribution in [1.29, 1.82) is 0 Å². The van der Waals surface area contributed by atoms with Crippen LogP contribution in [0, 0.1) is 0 Å². The number of anilines is 1. The van der Waals surface area contributed by atoms with Gasteiger partial charge in [0.15, 0.2) is 0 Å². The lowest BCUT2D eigenvalue weighted by atomic mass is 10.1. The van der Waals surface area contributed by atoms with E-state index in [1.807, 2.05) is 13.8 Å². The number of nitrogens with zero attached hydrogens (tertiary/aromatic N) is 2. The number of rotatable bonds is 12. The second-order valence-electron chi connectivity index (χ2n) is 9.30. The van der Waals surface area contributed by atoms with Crippen molar-refractivity contribution in [3.63, 3.8) is 0 Å². The monoisotopic (exact) mass is 667 g/mol. The van der Waals surface area contributed by atoms with Gasteiger partial charge in [0.05, 0.1) is 10.6 Å². The third-order valence-corrected chi connectivity index (χ3v) is 9.32. The highest BCUT2D eigenvalue weighted by atomic mass is 79.9. The highest BCUT2D eigenvalue weighted by Gasteiger charge is 2.34. The highest BCUT2D eigenvalue weighted by molar-refractivity contribution is 9.10. The minimum atomic E-state index is -4.14. The number of hydrogen-bond donors (Lipinski definition) is 1. The van der Waals surface area contributed by atoms with E-state index in [4.69, 9.17) is 23.2 Å². The first-order valence-electron chi connectivity index (χ1n) is 12.8. The van der Waals surface area contributed by atoms with Gasteiger partial charge in [0.2, 0.25) is 11.8 Å². The third kappa shape index (κ3) is 8.00. The summed E-state index contributed by atoms with van der Waals surface area (Å²) >= 11 is 15.9. The van der Waals surface area contributed by atoms with Crippen molar-refractivity contribution in [3.05, 3.63) is 92.9 Å². The fourth-order valence-corrected chi connectivity index (χ4v) is 6.36. The molecular formula is C29H32BrCl2N3O4S. The number of nitrogens with one attached hydrogen (secondary N) is 1. The summed E-state index contributed by atoms with van der Waals surface area (Å²) in [6.07, 6.45) is 1.02. The zero-order valence-electron chi connectivity index (χ0n) is 22.5. The highest BCUT2D eigenvalue weighted by Crippen LogP contribution is 2.28. The van der Waals surface area contributed by atoms with Crippen molar-refractivity contribution in [3.8, 4) is 0 Å². The maximum Gasteiger partial charge on any atom is 0.264 e. The first-order chi connectivity index (χ1) is 19.0. The molecule has 3 aromatic carbocycles. The molecule has 1 N–H and O–H groups in total. The molecule has 0 aliphatic heterocycles. The minimum absolute atomic E-state index is 0.0149. The van der Waals surface area contributed by atoms with Gasteiger partial charge in [0.1, 0.15) is 12.6 Å². The van der Waals surface area contributed by atoms with Crippen LogP contribution in [-0.4, -0.2) is 43.8 Å². The SMILES string of the molecule is CC[C@@H](C)NC(=O)[C@H](CC)N(Cc1ccc(Cl)cc1Cl)C(=O)CN(c1cccc(Br)c1)S(=O)(=O)c1ccccc1. The number of benzene rings is 3. The molecule has 0 saturated carbocycles. The van der Waals surface area contributed by atoms with Gasteiger partial charge in [0.25, 0.3) is 10.0 Å². The van der Waals surface area contributed by atoms with Crippen molar-refractivity contribution >= 4 is 66.7 Å². The standard InChI is InChI=1S/C29H32BrCl2N3O4S/c1-4-20(3)33-29(37)27(5-2)34(18-21-14-15-23(31)17-26(21)32)28(36)19-35(24-11-9-10-22(30)16-24)40(38,39)25-12-7-6-8-13-25/h6-17,20,27H,4-5,18-19H2,1-3H3,(H,33,37)/t20-,27+/m1/s1. The Morgan fingerprint density at radius 3 is 2.25 bits per heavy atom. The lowest BCUT2D eigenvalue weighted by molar-refractivity contribution is -0.140. The summed E-state index contributed by atoms with van der Waals surface area (Å²) in [5, 5.41) is 3.72. The molecule has 214 valence electrons. The van der Waals surface area contributed by atoms with E-state index in [1.54, 1.807) is 67.6 Å². The van der Waals surface area contributed by atoms with E-state index in [9.17, 15) is 18.0 Å². The Hall–Kier alpha value is -2.59. The number of amides is 2. The zero-order valence-corrected chi connectivity index (χ0v) is 26.4. The van der Waals surface area contributed by atoms with E-state index in [0.717, 1.165) is 4.31 Å². The summed E-state index contributed by atoms with van der Waals surface area (Å²) in [5.41, 5.74) is 0.877. The maximum absolute atomic E-state index is 14.1. The lowest BCUT2D eigenvalue weighted by Crippen LogP contribution is -2.53. The van der Waals surface area contributed by atoms with Crippen molar-refractivity contribution < 1.29 is 18.0 Å². The molecule has 11 heteroatoms. The number of hydrogen-bond acceptors (Lipinski definition) is 4. The van der Waals surface area contributed by atoms with E-state index in [0.29, 0.717) is 38.6 Å². The molecule has 7 nitrogen and oxygen atoms in total. The van der Waals surface area contributed by atoms with Gasteiger partial charge in [-0.3, -0.25) is 13.9 Å². The van der Waals surface area contributed by atoms with E-state index in [2.05, 4.69) is 21.2 Å². The topological polar surface area (TPSA) is 86.8 Å². The van der Waals surface area contributed by atoms with Gasteiger partial charge in [-0.1, -0.05) is 83.3 Å². The predicted molar refractivity (Wildman–Crippen MR) is 164 cm³/mol. The quantitative estimate of drug-likeness (QED) is 0.234. The molecule has 0 heterocycles. The molecule has 3 aromatic rings. The number of halogens is 3. The summed E-state index contributed by atoms with van der Waals surface area (Å²) in [6, 6.07) is 18.5. The summed E-state index contributed by atoms with van der Waals surface area (Å²) < 4.78 is 29.4. The Bertz CT molecular complexity index is 1440. The first kappa shape index (κ1) is 31.9. The van der Waals surface area contributed by atoms with Gasteiger partial charge in [-0.25, -0.2) is 8.42 Å². The van der Waals surface area contributed by atoms with Crippen LogP contribution in [-0.2, 0) is 26.2 Å². The molecule has 0 fully saturated rings. The van der Waals surface area contributed by atoms with Crippen LogP contribution < -0.4 is 9.62 Å². The zero-order chi connectivity index (χ0) is 29.4. The Morgan fingerprint density at radius 1 is 0.950 bits per heavy atom. The molecule has 2 amide bonds. The smallest absolute Gasteiger partial charge is 0.264 e. The summed E-state index contributed by atoms with van der Waals surface area (Å²) in [6.45, 7) is 5.09. The van der Waals surface area contributed by atoms with Gasteiger partial charge in [-0.2, -0.15) is 0 Å². The molecule has 0 aliphatic carbocycles. The largest absolute Gasteiger partial charge is 0.352 e. The summed E-state index contributed by atoms with van der Waals surface area (Å²) in [4.78, 5) is 28.9. The molecule has 0 spiro atoms. The summed E-state index contributed by atoms with van der Waals surface area (Å²) in [5.74, 6) is -0.883. The van der Waals surface area contributed by atoms with Crippen LogP contribution >= 0.6 is 39.1 Å². The van der Waals surface area contributed by atoms with Gasteiger partial charge in [-0.15, -0.1) is 0 Å². The lowest BCUT2D eigenvalue weighted by Gasteiger charge is -2.34. The van der Waals surface area contributed by atoms with E-state index in [-0.39, 0.29) is 23.4 Å². The molecule has 0 aliphatic rings. The fraction of sp³-hybridized carbons (Fsp3) is 0.310. The van der Waals surface area contributed by atoms with Crippen molar-refractivity contribution in [2.75, 3.05) is 10.8 Å². The Morgan fingerprint density at radius 2 is 1.65 bits per heavy atom. The molecule has 0 radical (unpaired) electrons. The minimum Gasteiger partial charge on any atom is -0.352 e. The third-order valence-electron chi connectivity index (χ3n) is 6.45. The molecule has 2 atom stereocenters. The first-order valence-corrected chi connectivity index (χ1v) is 15.8. The summed E-state index contributed by atoms with van der Waals surface area (Å²) in [7, 11) is -4.14.